The van der Waals surface area contributed by atoms with Crippen LogP contribution in [0.1, 0.15) is 23.5 Å². The number of ether oxygens (including phenoxy) is 2. The predicted molar refractivity (Wildman–Crippen MR) is 103 cm³/mol. The van der Waals surface area contributed by atoms with E-state index in [0.717, 1.165) is 11.1 Å². The number of nitrogens with one attached hydrogen (secondary N) is 1. The van der Waals surface area contributed by atoms with E-state index in [4.69, 9.17) is 9.47 Å². The molecule has 146 valence electrons. The zero-order valence-corrected chi connectivity index (χ0v) is 15.5. The summed E-state index contributed by atoms with van der Waals surface area (Å²) < 4.78 is 10.7. The van der Waals surface area contributed by atoms with Gasteiger partial charge in [0.2, 0.25) is 0 Å². The van der Waals surface area contributed by atoms with Crippen molar-refractivity contribution in [2.45, 2.75) is 12.3 Å². The number of carboxylic acids is 1. The van der Waals surface area contributed by atoms with Gasteiger partial charge < -0.3 is 19.9 Å². The highest BCUT2D eigenvalue weighted by Gasteiger charge is 2.32. The second kappa shape index (κ2) is 8.02. The Bertz CT molecular complexity index is 829. The van der Waals surface area contributed by atoms with Gasteiger partial charge >= 0.3 is 12.1 Å². The maximum absolute atomic E-state index is 12.2. The number of amides is 1. The smallest absolute Gasteiger partial charge is 0.407 e. The molecule has 1 fully saturated rings. The molecule has 1 heterocycles. The van der Waals surface area contributed by atoms with Crippen molar-refractivity contribution < 1.29 is 24.2 Å². The zero-order chi connectivity index (χ0) is 19.5. The molecule has 0 aromatic heterocycles. The van der Waals surface area contributed by atoms with Gasteiger partial charge in [0.25, 0.3) is 0 Å². The van der Waals surface area contributed by atoms with Crippen LogP contribution in [0, 0.1) is 11.8 Å². The molecular weight excluding hydrogens is 358 g/mol. The lowest BCUT2D eigenvalue weighted by molar-refractivity contribution is -0.143. The van der Waals surface area contributed by atoms with Crippen LogP contribution in [0.25, 0.3) is 11.1 Å². The van der Waals surface area contributed by atoms with Gasteiger partial charge in [0.1, 0.15) is 6.61 Å². The molecule has 28 heavy (non-hydrogen) atoms. The molecule has 2 unspecified atom stereocenters. The van der Waals surface area contributed by atoms with E-state index in [-0.39, 0.29) is 25.0 Å². The first-order chi connectivity index (χ1) is 13.6. The summed E-state index contributed by atoms with van der Waals surface area (Å²) in [5.41, 5.74) is 4.62. The van der Waals surface area contributed by atoms with Gasteiger partial charge in [-0.05, 0) is 34.6 Å². The van der Waals surface area contributed by atoms with E-state index >= 15 is 0 Å². The molecule has 1 aliphatic heterocycles. The summed E-state index contributed by atoms with van der Waals surface area (Å²) in [6.45, 7) is 1.24. The van der Waals surface area contributed by atoms with Crippen LogP contribution >= 0.6 is 0 Å². The van der Waals surface area contributed by atoms with Crippen molar-refractivity contribution in [1.29, 1.82) is 0 Å². The minimum atomic E-state index is -0.922. The molecule has 4 rings (SSSR count). The maximum atomic E-state index is 12.2. The number of alkyl carbamates (subject to hydrolysis) is 1. The molecular formula is C22H23NO5. The number of rotatable bonds is 6. The van der Waals surface area contributed by atoms with E-state index in [1.807, 2.05) is 24.3 Å². The van der Waals surface area contributed by atoms with E-state index in [1.165, 1.54) is 11.1 Å². The fraction of sp³-hybridized carbons (Fsp3) is 0.364. The number of benzene rings is 2. The lowest BCUT2D eigenvalue weighted by atomic mass is 9.92. The first kappa shape index (κ1) is 18.5. The standard InChI is InChI=1S/C22H23NO5/c24-21(25)19(14-9-10-27-12-14)11-23-22(26)28-13-20-17-7-3-1-5-15(17)16-6-2-4-8-18(16)20/h1-8,14,19-20H,9-13H2,(H,23,26)(H,24,25). The van der Waals surface area contributed by atoms with Crippen molar-refractivity contribution in [2.24, 2.45) is 11.8 Å². The van der Waals surface area contributed by atoms with Crippen LogP contribution in [-0.4, -0.2) is 43.5 Å². The summed E-state index contributed by atoms with van der Waals surface area (Å²) in [4.78, 5) is 23.7. The van der Waals surface area contributed by atoms with Crippen molar-refractivity contribution in [3.8, 4) is 11.1 Å². The number of carbonyl (C=O) groups excluding carboxylic acids is 1. The normalized spacial score (nSPS) is 18.9. The van der Waals surface area contributed by atoms with Crippen LogP contribution in [0.2, 0.25) is 0 Å². The molecule has 0 bridgehead atoms. The number of hydrogen-bond acceptors (Lipinski definition) is 4. The molecule has 1 saturated heterocycles. The Labute approximate surface area is 163 Å². The Balaban J connectivity index is 1.38. The fourth-order valence-electron chi connectivity index (χ4n) is 4.17. The van der Waals surface area contributed by atoms with Gasteiger partial charge in [-0.15, -0.1) is 0 Å². The van der Waals surface area contributed by atoms with Gasteiger partial charge in [0.05, 0.1) is 12.5 Å². The molecule has 1 amide bonds. The van der Waals surface area contributed by atoms with Crippen LogP contribution < -0.4 is 5.32 Å². The van der Waals surface area contributed by atoms with Crippen molar-refractivity contribution in [3.63, 3.8) is 0 Å². The molecule has 2 aromatic carbocycles. The first-order valence-corrected chi connectivity index (χ1v) is 9.54. The van der Waals surface area contributed by atoms with Gasteiger partial charge in [0.15, 0.2) is 0 Å². The highest BCUT2D eigenvalue weighted by Crippen LogP contribution is 2.44. The summed E-state index contributed by atoms with van der Waals surface area (Å²) in [5, 5.41) is 12.0. The molecule has 0 spiro atoms. The van der Waals surface area contributed by atoms with Gasteiger partial charge in [0, 0.05) is 19.1 Å². The van der Waals surface area contributed by atoms with Gasteiger partial charge in [-0.1, -0.05) is 48.5 Å². The quantitative estimate of drug-likeness (QED) is 0.802. The highest BCUT2D eigenvalue weighted by atomic mass is 16.5. The lowest BCUT2D eigenvalue weighted by Crippen LogP contribution is -2.37. The summed E-state index contributed by atoms with van der Waals surface area (Å²) in [6.07, 6.45) is 0.107. The topological polar surface area (TPSA) is 84.9 Å². The zero-order valence-electron chi connectivity index (χ0n) is 15.5. The molecule has 0 saturated carbocycles. The van der Waals surface area contributed by atoms with E-state index < -0.39 is 18.0 Å². The molecule has 2 aromatic rings. The first-order valence-electron chi connectivity index (χ1n) is 9.54. The number of aliphatic carboxylic acids is 1. The number of carboxylic acid groups (broad SMARTS) is 1. The highest BCUT2D eigenvalue weighted by molar-refractivity contribution is 5.79. The molecule has 6 nitrogen and oxygen atoms in total. The Kier molecular flexibility index (Phi) is 5.30. The summed E-state index contributed by atoms with van der Waals surface area (Å²) >= 11 is 0. The summed E-state index contributed by atoms with van der Waals surface area (Å²) in [7, 11) is 0. The van der Waals surface area contributed by atoms with Gasteiger partial charge in [-0.25, -0.2) is 4.79 Å². The fourth-order valence-corrected chi connectivity index (χ4v) is 4.17. The Morgan fingerprint density at radius 2 is 1.75 bits per heavy atom. The van der Waals surface area contributed by atoms with Crippen molar-refractivity contribution in [1.82, 2.24) is 5.32 Å². The van der Waals surface area contributed by atoms with E-state index in [0.29, 0.717) is 19.6 Å². The molecule has 2 N–H and O–H groups in total. The van der Waals surface area contributed by atoms with Crippen LogP contribution in [0.3, 0.4) is 0 Å². The largest absolute Gasteiger partial charge is 0.481 e. The Morgan fingerprint density at radius 1 is 1.11 bits per heavy atom. The molecule has 6 heteroatoms. The Morgan fingerprint density at radius 3 is 2.32 bits per heavy atom. The second-order valence-corrected chi connectivity index (χ2v) is 7.27. The average Bonchev–Trinajstić information content (AvgIpc) is 3.33. The molecule has 1 aliphatic carbocycles. The minimum absolute atomic E-state index is 0.0170. The van der Waals surface area contributed by atoms with Crippen LogP contribution in [0.15, 0.2) is 48.5 Å². The number of hydrogen-bond donors (Lipinski definition) is 2. The predicted octanol–water partition coefficient (Wildman–Crippen LogP) is 3.26. The average molecular weight is 381 g/mol. The monoisotopic (exact) mass is 381 g/mol. The lowest BCUT2D eigenvalue weighted by Gasteiger charge is -2.19. The summed E-state index contributed by atoms with van der Waals surface area (Å²) in [6, 6.07) is 16.3. The second-order valence-electron chi connectivity index (χ2n) is 7.27. The molecule has 2 atom stereocenters. The van der Waals surface area contributed by atoms with Crippen molar-refractivity contribution in [2.75, 3.05) is 26.4 Å². The third-order valence-electron chi connectivity index (χ3n) is 5.66. The SMILES string of the molecule is O=C(NCC(C(=O)O)C1CCOC1)OCC1c2ccccc2-c2ccccc21. The molecule has 0 radical (unpaired) electrons. The van der Waals surface area contributed by atoms with Gasteiger partial charge in [-0.3, -0.25) is 4.79 Å². The van der Waals surface area contributed by atoms with E-state index in [9.17, 15) is 14.7 Å². The number of fused-ring (bicyclic) bond motifs is 3. The minimum Gasteiger partial charge on any atom is -0.481 e. The third-order valence-corrected chi connectivity index (χ3v) is 5.66. The van der Waals surface area contributed by atoms with Crippen LogP contribution in [-0.2, 0) is 14.3 Å². The van der Waals surface area contributed by atoms with Crippen LogP contribution in [0.4, 0.5) is 4.79 Å². The van der Waals surface area contributed by atoms with E-state index in [1.54, 1.807) is 0 Å². The van der Waals surface area contributed by atoms with Crippen molar-refractivity contribution in [3.05, 3.63) is 59.7 Å². The Hall–Kier alpha value is -2.86. The maximum Gasteiger partial charge on any atom is 0.407 e. The van der Waals surface area contributed by atoms with E-state index in [2.05, 4.69) is 29.6 Å². The third kappa shape index (κ3) is 3.60. The van der Waals surface area contributed by atoms with Crippen molar-refractivity contribution >= 4 is 12.1 Å². The van der Waals surface area contributed by atoms with Crippen LogP contribution in [0.5, 0.6) is 0 Å². The molecule has 2 aliphatic rings. The number of carbonyl (C=O) groups is 2. The summed E-state index contributed by atoms with van der Waals surface area (Å²) in [5.74, 6) is -1.68. The van der Waals surface area contributed by atoms with Gasteiger partial charge in [-0.2, -0.15) is 0 Å².